The van der Waals surface area contributed by atoms with Crippen LogP contribution >= 0.6 is 0 Å². The topological polar surface area (TPSA) is 60.0 Å². The molecule has 0 aliphatic heterocycles. The molecule has 3 aromatic carbocycles. The van der Waals surface area contributed by atoms with Crippen LogP contribution in [0, 0.1) is 0 Å². The summed E-state index contributed by atoms with van der Waals surface area (Å²) in [5.74, 6) is 1.30. The number of methoxy groups -OCH3 is 1. The molecule has 0 aliphatic carbocycles. The van der Waals surface area contributed by atoms with Gasteiger partial charge in [-0.15, -0.1) is 0 Å². The van der Waals surface area contributed by atoms with Crippen molar-refractivity contribution in [3.63, 3.8) is 0 Å². The van der Waals surface area contributed by atoms with Gasteiger partial charge in [-0.3, -0.25) is 4.79 Å². The summed E-state index contributed by atoms with van der Waals surface area (Å²) < 4.78 is 40.4. The highest BCUT2D eigenvalue weighted by atomic mass is 19.3. The number of nitrogens with one attached hydrogen (secondary N) is 1. The Kier molecular flexibility index (Phi) is 8.60. The molecule has 8 heteroatoms. The average molecular weight is 456 g/mol. The van der Waals surface area contributed by atoms with E-state index < -0.39 is 6.61 Å². The number of amides is 1. The number of anilines is 1. The van der Waals surface area contributed by atoms with Crippen LogP contribution in [0.1, 0.15) is 12.0 Å². The molecule has 0 spiro atoms. The monoisotopic (exact) mass is 456 g/mol. The van der Waals surface area contributed by atoms with Gasteiger partial charge in [0, 0.05) is 19.5 Å². The molecule has 0 aliphatic rings. The molecule has 1 amide bonds. The lowest BCUT2D eigenvalue weighted by Gasteiger charge is -2.18. The smallest absolute Gasteiger partial charge is 0.387 e. The molecule has 1 N–H and O–H groups in total. The van der Waals surface area contributed by atoms with Crippen LogP contribution in [0.4, 0.5) is 14.5 Å². The summed E-state index contributed by atoms with van der Waals surface area (Å²) in [7, 11) is 3.26. The van der Waals surface area contributed by atoms with E-state index in [-0.39, 0.29) is 23.8 Å². The quantitative estimate of drug-likeness (QED) is 0.410. The van der Waals surface area contributed by atoms with Crippen molar-refractivity contribution in [1.82, 2.24) is 4.90 Å². The van der Waals surface area contributed by atoms with Gasteiger partial charge >= 0.3 is 6.61 Å². The van der Waals surface area contributed by atoms with E-state index in [0.717, 1.165) is 5.56 Å². The Morgan fingerprint density at radius 2 is 1.70 bits per heavy atom. The first kappa shape index (κ1) is 24.0. The van der Waals surface area contributed by atoms with Gasteiger partial charge in [-0.2, -0.15) is 8.78 Å². The molecule has 3 aromatic rings. The van der Waals surface area contributed by atoms with Crippen molar-refractivity contribution < 1.29 is 27.8 Å². The third-order valence-corrected chi connectivity index (χ3v) is 4.75. The van der Waals surface area contributed by atoms with E-state index in [1.165, 1.54) is 13.2 Å². The van der Waals surface area contributed by atoms with Gasteiger partial charge in [-0.25, -0.2) is 0 Å². The minimum absolute atomic E-state index is 0.0188. The van der Waals surface area contributed by atoms with Crippen molar-refractivity contribution in [3.8, 4) is 23.0 Å². The number of carbonyl (C=O) groups excluding carboxylic acids is 1. The number of carbonyl (C=O) groups is 1. The third-order valence-electron chi connectivity index (χ3n) is 4.75. The first-order chi connectivity index (χ1) is 15.9. The van der Waals surface area contributed by atoms with Crippen LogP contribution in [0.2, 0.25) is 0 Å². The Hall–Kier alpha value is -3.65. The molecular formula is C25H26F2N2O4. The summed E-state index contributed by atoms with van der Waals surface area (Å²) in [6, 6.07) is 21.4. The largest absolute Gasteiger partial charge is 0.493 e. The van der Waals surface area contributed by atoms with Crippen molar-refractivity contribution in [2.24, 2.45) is 0 Å². The Morgan fingerprint density at radius 3 is 2.42 bits per heavy atom. The number of benzene rings is 3. The van der Waals surface area contributed by atoms with Gasteiger partial charge in [0.2, 0.25) is 5.91 Å². The Labute approximate surface area is 191 Å². The molecule has 0 bridgehead atoms. The minimum Gasteiger partial charge on any atom is -0.493 e. The Balaban J connectivity index is 1.53. The van der Waals surface area contributed by atoms with E-state index in [2.05, 4.69) is 10.1 Å². The van der Waals surface area contributed by atoms with Gasteiger partial charge in [0.25, 0.3) is 0 Å². The summed E-state index contributed by atoms with van der Waals surface area (Å²) in [6.45, 7) is -1.92. The van der Waals surface area contributed by atoms with E-state index in [1.807, 2.05) is 54.4 Å². The van der Waals surface area contributed by atoms with Crippen LogP contribution in [0.3, 0.4) is 0 Å². The second-order valence-corrected chi connectivity index (χ2v) is 7.31. The van der Waals surface area contributed by atoms with Crippen molar-refractivity contribution in [3.05, 3.63) is 78.4 Å². The molecular weight excluding hydrogens is 430 g/mol. The fourth-order valence-electron chi connectivity index (χ4n) is 3.17. The molecule has 3 rings (SSSR count). The van der Waals surface area contributed by atoms with Crippen molar-refractivity contribution >= 4 is 11.6 Å². The Morgan fingerprint density at radius 1 is 0.970 bits per heavy atom. The molecule has 0 radical (unpaired) electrons. The van der Waals surface area contributed by atoms with Crippen molar-refractivity contribution in [2.75, 3.05) is 26.0 Å². The number of para-hydroxylation sites is 3. The van der Waals surface area contributed by atoms with E-state index in [9.17, 15) is 13.6 Å². The molecule has 0 unspecified atom stereocenters. The van der Waals surface area contributed by atoms with Crippen LogP contribution in [0.5, 0.6) is 23.0 Å². The maximum absolute atomic E-state index is 12.5. The van der Waals surface area contributed by atoms with Gasteiger partial charge in [0.1, 0.15) is 5.75 Å². The zero-order valence-corrected chi connectivity index (χ0v) is 18.5. The van der Waals surface area contributed by atoms with Crippen LogP contribution < -0.4 is 19.5 Å². The standard InChI is InChI=1S/C25H26F2N2O4/c1-29(17-18-12-13-22(33-25(26)27)23(16-18)31-2)15-14-24(30)28-20-10-6-7-11-21(20)32-19-8-4-3-5-9-19/h3-13,16,25H,14-15,17H2,1-2H3,(H,28,30). The second kappa shape index (κ2) is 11.8. The number of nitrogens with zero attached hydrogens (tertiary/aromatic N) is 1. The molecule has 174 valence electrons. The molecule has 0 fully saturated rings. The fourth-order valence-corrected chi connectivity index (χ4v) is 3.17. The number of ether oxygens (including phenoxy) is 3. The number of rotatable bonds is 11. The van der Waals surface area contributed by atoms with Crippen molar-refractivity contribution in [1.29, 1.82) is 0 Å². The summed E-state index contributed by atoms with van der Waals surface area (Å²) in [5, 5.41) is 2.90. The summed E-state index contributed by atoms with van der Waals surface area (Å²) in [6.07, 6.45) is 0.264. The summed E-state index contributed by atoms with van der Waals surface area (Å²) in [5.41, 5.74) is 1.44. The van der Waals surface area contributed by atoms with Gasteiger partial charge < -0.3 is 24.4 Å². The van der Waals surface area contributed by atoms with E-state index >= 15 is 0 Å². The number of alkyl halides is 2. The molecule has 6 nitrogen and oxygen atoms in total. The molecule has 0 aromatic heterocycles. The number of halogens is 2. The predicted octanol–water partition coefficient (Wildman–Crippen LogP) is 5.55. The van der Waals surface area contributed by atoms with E-state index in [4.69, 9.17) is 9.47 Å². The second-order valence-electron chi connectivity index (χ2n) is 7.31. The lowest BCUT2D eigenvalue weighted by atomic mass is 10.2. The van der Waals surface area contributed by atoms with Crippen LogP contribution in [-0.4, -0.2) is 38.1 Å². The van der Waals surface area contributed by atoms with Crippen LogP contribution in [-0.2, 0) is 11.3 Å². The van der Waals surface area contributed by atoms with Gasteiger partial charge in [0.15, 0.2) is 17.2 Å². The molecule has 33 heavy (non-hydrogen) atoms. The lowest BCUT2D eigenvalue weighted by molar-refractivity contribution is -0.116. The zero-order valence-electron chi connectivity index (χ0n) is 18.5. The first-order valence-corrected chi connectivity index (χ1v) is 10.4. The van der Waals surface area contributed by atoms with Gasteiger partial charge in [-0.1, -0.05) is 36.4 Å². The summed E-state index contributed by atoms with van der Waals surface area (Å²) in [4.78, 5) is 14.5. The predicted molar refractivity (Wildman–Crippen MR) is 122 cm³/mol. The highest BCUT2D eigenvalue weighted by Crippen LogP contribution is 2.30. The Bertz CT molecular complexity index is 1050. The minimum atomic E-state index is -2.92. The zero-order chi connectivity index (χ0) is 23.6. The molecule has 0 heterocycles. The maximum atomic E-state index is 12.5. The SMILES string of the molecule is COc1cc(CN(C)CCC(=O)Nc2ccccc2Oc2ccccc2)ccc1OC(F)F. The maximum Gasteiger partial charge on any atom is 0.387 e. The highest BCUT2D eigenvalue weighted by Gasteiger charge is 2.13. The van der Waals surface area contributed by atoms with Crippen molar-refractivity contribution in [2.45, 2.75) is 19.6 Å². The number of hydrogen-bond donors (Lipinski definition) is 1. The molecule has 0 saturated carbocycles. The van der Waals surface area contributed by atoms with Gasteiger partial charge in [-0.05, 0) is 49.0 Å². The lowest BCUT2D eigenvalue weighted by Crippen LogP contribution is -2.24. The highest BCUT2D eigenvalue weighted by molar-refractivity contribution is 5.92. The number of hydrogen-bond acceptors (Lipinski definition) is 5. The van der Waals surface area contributed by atoms with E-state index in [1.54, 1.807) is 24.3 Å². The van der Waals surface area contributed by atoms with Crippen LogP contribution in [0.25, 0.3) is 0 Å². The van der Waals surface area contributed by atoms with Crippen LogP contribution in [0.15, 0.2) is 72.8 Å². The molecule has 0 saturated heterocycles. The molecule has 0 atom stereocenters. The first-order valence-electron chi connectivity index (χ1n) is 10.4. The normalized spacial score (nSPS) is 10.8. The van der Waals surface area contributed by atoms with E-state index in [0.29, 0.717) is 30.3 Å². The fraction of sp³-hybridized carbons (Fsp3) is 0.240. The van der Waals surface area contributed by atoms with Gasteiger partial charge in [0.05, 0.1) is 12.8 Å². The summed E-state index contributed by atoms with van der Waals surface area (Å²) >= 11 is 0. The third kappa shape index (κ3) is 7.47. The average Bonchev–Trinajstić information content (AvgIpc) is 2.80.